The van der Waals surface area contributed by atoms with Crippen LogP contribution in [0, 0.1) is 5.92 Å². The monoisotopic (exact) mass is 381 g/mol. The Bertz CT molecular complexity index is 795. The van der Waals surface area contributed by atoms with Crippen molar-refractivity contribution in [2.24, 2.45) is 5.92 Å². The third-order valence-corrected chi connectivity index (χ3v) is 5.72. The molecule has 2 N–H and O–H groups in total. The average molecular weight is 381 g/mol. The second-order valence-corrected chi connectivity index (χ2v) is 7.45. The van der Waals surface area contributed by atoms with Crippen LogP contribution in [0.1, 0.15) is 36.8 Å². The van der Waals surface area contributed by atoms with Crippen LogP contribution in [0.25, 0.3) is 0 Å². The third kappa shape index (κ3) is 4.35. The lowest BCUT2D eigenvalue weighted by molar-refractivity contribution is -0.141. The number of carboxylic acids is 1. The highest BCUT2D eigenvalue weighted by Gasteiger charge is 2.42. The summed E-state index contributed by atoms with van der Waals surface area (Å²) in [6.07, 6.45) is 3.94. The van der Waals surface area contributed by atoms with Gasteiger partial charge in [-0.15, -0.1) is 0 Å². The fourth-order valence-corrected chi connectivity index (χ4v) is 4.07. The van der Waals surface area contributed by atoms with Gasteiger partial charge in [0.15, 0.2) is 0 Å². The van der Waals surface area contributed by atoms with E-state index >= 15 is 0 Å². The molecule has 0 heterocycles. The van der Waals surface area contributed by atoms with E-state index < -0.39 is 17.3 Å². The molecule has 1 amide bonds. The zero-order valence-corrected chi connectivity index (χ0v) is 16.2. The van der Waals surface area contributed by atoms with E-state index in [-0.39, 0.29) is 12.5 Å². The van der Waals surface area contributed by atoms with Crippen LogP contribution in [0.15, 0.2) is 54.6 Å². The lowest BCUT2D eigenvalue weighted by atomic mass is 9.78. The van der Waals surface area contributed by atoms with Crippen molar-refractivity contribution in [3.8, 4) is 5.75 Å². The topological polar surface area (TPSA) is 75.6 Å². The minimum atomic E-state index is -0.894. The summed E-state index contributed by atoms with van der Waals surface area (Å²) in [4.78, 5) is 24.9. The standard InChI is InChI=1S/C23H27NO4/c1-28-20-11-9-19(10-12-20)23(13-5-6-14-23)22(27)24-16-18(21(25)26)15-17-7-3-2-4-8-17/h2-4,7-12,18H,5-6,13-16H2,1H3,(H,24,27)(H,25,26). The number of ether oxygens (including phenoxy) is 1. The van der Waals surface area contributed by atoms with E-state index in [0.29, 0.717) is 6.42 Å². The van der Waals surface area contributed by atoms with Crippen LogP contribution in [-0.4, -0.2) is 30.6 Å². The Balaban J connectivity index is 1.71. The van der Waals surface area contributed by atoms with Crippen molar-refractivity contribution in [2.75, 3.05) is 13.7 Å². The van der Waals surface area contributed by atoms with E-state index in [1.54, 1.807) is 7.11 Å². The molecule has 0 bridgehead atoms. The van der Waals surface area contributed by atoms with Crippen LogP contribution in [0.4, 0.5) is 0 Å². The number of carboxylic acid groups (broad SMARTS) is 1. The lowest BCUT2D eigenvalue weighted by Crippen LogP contribution is -2.45. The highest BCUT2D eigenvalue weighted by molar-refractivity contribution is 5.89. The number of hydrogen-bond acceptors (Lipinski definition) is 3. The first-order valence-corrected chi connectivity index (χ1v) is 9.75. The fraction of sp³-hybridized carbons (Fsp3) is 0.391. The van der Waals surface area contributed by atoms with Crippen LogP contribution in [0.5, 0.6) is 5.75 Å². The Morgan fingerprint density at radius 3 is 2.29 bits per heavy atom. The molecule has 0 radical (unpaired) electrons. The molecule has 1 aliphatic rings. The predicted octanol–water partition coefficient (Wildman–Crippen LogP) is 3.57. The Kier molecular flexibility index (Phi) is 6.34. The maximum atomic E-state index is 13.2. The Hall–Kier alpha value is -2.82. The molecule has 28 heavy (non-hydrogen) atoms. The van der Waals surface area contributed by atoms with E-state index in [1.807, 2.05) is 54.6 Å². The van der Waals surface area contributed by atoms with Gasteiger partial charge in [0.1, 0.15) is 5.75 Å². The maximum absolute atomic E-state index is 13.2. The third-order valence-electron chi connectivity index (χ3n) is 5.72. The van der Waals surface area contributed by atoms with Crippen molar-refractivity contribution >= 4 is 11.9 Å². The molecule has 1 saturated carbocycles. The van der Waals surface area contributed by atoms with Crippen LogP contribution in [0.3, 0.4) is 0 Å². The van der Waals surface area contributed by atoms with Crippen molar-refractivity contribution in [3.63, 3.8) is 0 Å². The number of amides is 1. The summed E-state index contributed by atoms with van der Waals surface area (Å²) in [5.41, 5.74) is 1.34. The van der Waals surface area contributed by atoms with Crippen molar-refractivity contribution < 1.29 is 19.4 Å². The number of carbonyl (C=O) groups excluding carboxylic acids is 1. The van der Waals surface area contributed by atoms with E-state index in [2.05, 4.69) is 5.32 Å². The molecular formula is C23H27NO4. The minimum absolute atomic E-state index is 0.0746. The van der Waals surface area contributed by atoms with Gasteiger partial charge >= 0.3 is 5.97 Å². The second kappa shape index (κ2) is 8.91. The predicted molar refractivity (Wildman–Crippen MR) is 107 cm³/mol. The maximum Gasteiger partial charge on any atom is 0.308 e. The molecule has 0 aliphatic heterocycles. The number of methoxy groups -OCH3 is 1. The fourth-order valence-electron chi connectivity index (χ4n) is 4.07. The van der Waals surface area contributed by atoms with Gasteiger partial charge in [-0.25, -0.2) is 0 Å². The molecule has 0 saturated heterocycles. The first-order chi connectivity index (χ1) is 13.5. The van der Waals surface area contributed by atoms with Gasteiger partial charge in [0, 0.05) is 6.54 Å². The molecular weight excluding hydrogens is 354 g/mol. The zero-order chi connectivity index (χ0) is 20.0. The van der Waals surface area contributed by atoms with Crippen molar-refractivity contribution in [1.29, 1.82) is 0 Å². The van der Waals surface area contributed by atoms with Gasteiger partial charge in [0.2, 0.25) is 5.91 Å². The highest BCUT2D eigenvalue weighted by atomic mass is 16.5. The molecule has 0 spiro atoms. The Labute approximate surface area is 165 Å². The first kappa shape index (κ1) is 19.9. The molecule has 1 unspecified atom stereocenters. The number of rotatable bonds is 8. The molecule has 1 atom stereocenters. The lowest BCUT2D eigenvalue weighted by Gasteiger charge is -2.29. The van der Waals surface area contributed by atoms with Gasteiger partial charge in [0.05, 0.1) is 18.4 Å². The smallest absolute Gasteiger partial charge is 0.308 e. The number of nitrogens with one attached hydrogen (secondary N) is 1. The molecule has 2 aromatic rings. The van der Waals surface area contributed by atoms with Crippen molar-refractivity contribution in [3.05, 3.63) is 65.7 Å². The SMILES string of the molecule is COc1ccc(C2(C(=O)NCC(Cc3ccccc3)C(=O)O)CCCC2)cc1. The first-order valence-electron chi connectivity index (χ1n) is 9.75. The Morgan fingerprint density at radius 2 is 1.71 bits per heavy atom. The van der Waals surface area contributed by atoms with Crippen molar-refractivity contribution in [1.82, 2.24) is 5.32 Å². The van der Waals surface area contributed by atoms with Gasteiger partial charge in [0.25, 0.3) is 0 Å². The molecule has 1 aliphatic carbocycles. The van der Waals surface area contributed by atoms with Crippen molar-refractivity contribution in [2.45, 2.75) is 37.5 Å². The average Bonchev–Trinajstić information content (AvgIpc) is 3.22. The molecule has 2 aromatic carbocycles. The normalized spacial score (nSPS) is 16.3. The number of hydrogen-bond donors (Lipinski definition) is 2. The Morgan fingerprint density at radius 1 is 1.07 bits per heavy atom. The quantitative estimate of drug-likeness (QED) is 0.733. The largest absolute Gasteiger partial charge is 0.497 e. The summed E-state index contributed by atoms with van der Waals surface area (Å²) in [6.45, 7) is 0.126. The summed E-state index contributed by atoms with van der Waals surface area (Å²) in [6, 6.07) is 17.1. The number of carbonyl (C=O) groups is 2. The molecule has 5 nitrogen and oxygen atoms in total. The molecule has 5 heteroatoms. The van der Waals surface area contributed by atoms with Crippen LogP contribution >= 0.6 is 0 Å². The summed E-state index contributed by atoms with van der Waals surface area (Å²) in [7, 11) is 1.62. The minimum Gasteiger partial charge on any atom is -0.497 e. The zero-order valence-electron chi connectivity index (χ0n) is 16.2. The molecule has 1 fully saturated rings. The van der Waals surface area contributed by atoms with Gasteiger partial charge in [-0.3, -0.25) is 9.59 Å². The van der Waals surface area contributed by atoms with E-state index in [0.717, 1.165) is 42.6 Å². The van der Waals surface area contributed by atoms with Crippen LogP contribution in [0.2, 0.25) is 0 Å². The van der Waals surface area contributed by atoms with Gasteiger partial charge in [-0.1, -0.05) is 55.3 Å². The summed E-state index contributed by atoms with van der Waals surface area (Å²) in [5, 5.41) is 12.5. The molecule has 3 rings (SSSR count). The van der Waals surface area contributed by atoms with E-state index in [9.17, 15) is 14.7 Å². The van der Waals surface area contributed by atoms with Crippen LogP contribution < -0.4 is 10.1 Å². The molecule has 0 aromatic heterocycles. The summed E-state index contributed by atoms with van der Waals surface area (Å²) in [5.74, 6) is -0.865. The van der Waals surface area contributed by atoms with E-state index in [4.69, 9.17) is 4.74 Å². The van der Waals surface area contributed by atoms with Gasteiger partial charge in [-0.05, 0) is 42.5 Å². The second-order valence-electron chi connectivity index (χ2n) is 7.45. The van der Waals surface area contributed by atoms with Gasteiger partial charge in [-0.2, -0.15) is 0 Å². The van der Waals surface area contributed by atoms with Crippen LogP contribution in [-0.2, 0) is 21.4 Å². The van der Waals surface area contributed by atoms with Gasteiger partial charge < -0.3 is 15.2 Å². The van der Waals surface area contributed by atoms with E-state index in [1.165, 1.54) is 0 Å². The summed E-state index contributed by atoms with van der Waals surface area (Å²) < 4.78 is 5.22. The highest BCUT2D eigenvalue weighted by Crippen LogP contribution is 2.41. The summed E-state index contributed by atoms with van der Waals surface area (Å²) >= 11 is 0. The number of benzene rings is 2. The molecule has 148 valence electrons. The number of aliphatic carboxylic acids is 1.